The van der Waals surface area contributed by atoms with Gasteiger partial charge in [-0.2, -0.15) is 5.10 Å². The summed E-state index contributed by atoms with van der Waals surface area (Å²) < 4.78 is 1.72. The zero-order valence-corrected chi connectivity index (χ0v) is 8.12. The van der Waals surface area contributed by atoms with Crippen LogP contribution in [0.1, 0.15) is 19.0 Å². The molecule has 0 unspecified atom stereocenters. The number of hydrogen-bond acceptors (Lipinski definition) is 2. The maximum Gasteiger partial charge on any atom is 0.153 e. The van der Waals surface area contributed by atoms with E-state index in [1.807, 2.05) is 12.3 Å². The minimum Gasteiger partial charge on any atom is -0.232 e. The van der Waals surface area contributed by atoms with Gasteiger partial charge in [-0.15, -0.1) is 0 Å². The summed E-state index contributed by atoms with van der Waals surface area (Å²) in [5.74, 6) is 0. The normalized spacial score (nSPS) is 10.9. The maximum atomic E-state index is 5.75. The number of nitrogens with zero attached hydrogens (tertiary/aromatic N) is 3. The number of imidazole rings is 1. The lowest BCUT2D eigenvalue weighted by atomic mass is 10.3. The van der Waals surface area contributed by atoms with Crippen molar-refractivity contribution < 1.29 is 0 Å². The van der Waals surface area contributed by atoms with Crippen LogP contribution in [-0.4, -0.2) is 14.6 Å². The van der Waals surface area contributed by atoms with Crippen LogP contribution in [0.25, 0.3) is 5.65 Å². The zero-order chi connectivity index (χ0) is 9.26. The summed E-state index contributed by atoms with van der Waals surface area (Å²) in [6.45, 7) is 2.13. The van der Waals surface area contributed by atoms with E-state index in [4.69, 9.17) is 11.6 Å². The molecule has 2 rings (SSSR count). The smallest absolute Gasteiger partial charge is 0.153 e. The van der Waals surface area contributed by atoms with Crippen LogP contribution in [0.5, 0.6) is 0 Å². The minimum atomic E-state index is 0.493. The van der Waals surface area contributed by atoms with E-state index in [0.29, 0.717) is 5.15 Å². The van der Waals surface area contributed by atoms with Crippen molar-refractivity contribution in [2.45, 2.75) is 19.8 Å². The van der Waals surface area contributed by atoms with Crippen molar-refractivity contribution in [3.63, 3.8) is 0 Å². The molecule has 0 aliphatic rings. The lowest BCUT2D eigenvalue weighted by molar-refractivity contribution is 0.885. The van der Waals surface area contributed by atoms with Crippen LogP contribution in [0.15, 0.2) is 18.3 Å². The van der Waals surface area contributed by atoms with Crippen molar-refractivity contribution in [1.82, 2.24) is 14.6 Å². The highest BCUT2D eigenvalue weighted by Gasteiger charge is 2.01. The fourth-order valence-electron chi connectivity index (χ4n) is 1.28. The molecule has 68 valence electrons. The molecule has 13 heavy (non-hydrogen) atoms. The van der Waals surface area contributed by atoms with Crippen molar-refractivity contribution in [3.05, 3.63) is 29.2 Å². The van der Waals surface area contributed by atoms with E-state index in [0.717, 1.165) is 24.2 Å². The summed E-state index contributed by atoms with van der Waals surface area (Å²) in [5.41, 5.74) is 1.92. The number of aromatic nitrogens is 3. The molecule has 0 spiro atoms. The molecule has 0 saturated carbocycles. The summed E-state index contributed by atoms with van der Waals surface area (Å²) in [4.78, 5) is 4.39. The first-order chi connectivity index (χ1) is 6.29. The molecule has 0 aliphatic heterocycles. The molecular weight excluding hydrogens is 186 g/mol. The van der Waals surface area contributed by atoms with Crippen LogP contribution in [0.3, 0.4) is 0 Å². The molecule has 0 bridgehead atoms. The van der Waals surface area contributed by atoms with E-state index in [1.54, 1.807) is 10.6 Å². The van der Waals surface area contributed by atoms with Crippen molar-refractivity contribution in [2.24, 2.45) is 0 Å². The molecule has 0 aromatic carbocycles. The van der Waals surface area contributed by atoms with Gasteiger partial charge in [-0.1, -0.05) is 24.9 Å². The van der Waals surface area contributed by atoms with E-state index in [1.165, 1.54) is 0 Å². The first-order valence-corrected chi connectivity index (χ1v) is 4.68. The predicted molar refractivity (Wildman–Crippen MR) is 52.0 cm³/mol. The summed E-state index contributed by atoms with van der Waals surface area (Å²) in [6.07, 6.45) is 4.00. The molecule has 0 aliphatic carbocycles. The lowest BCUT2D eigenvalue weighted by Gasteiger charge is -1.90. The van der Waals surface area contributed by atoms with Crippen molar-refractivity contribution in [3.8, 4) is 0 Å². The molecule has 0 atom stereocenters. The number of rotatable bonds is 2. The Kier molecular flexibility index (Phi) is 2.19. The molecular formula is C9H10ClN3. The topological polar surface area (TPSA) is 30.2 Å². The third kappa shape index (κ3) is 1.65. The van der Waals surface area contributed by atoms with Gasteiger partial charge in [-0.3, -0.25) is 0 Å². The van der Waals surface area contributed by atoms with Gasteiger partial charge in [0, 0.05) is 0 Å². The quantitative estimate of drug-likeness (QED) is 0.737. The molecule has 0 N–H and O–H groups in total. The van der Waals surface area contributed by atoms with Crippen LogP contribution in [0.2, 0.25) is 5.15 Å². The molecule has 0 amide bonds. The Morgan fingerprint density at radius 3 is 3.08 bits per heavy atom. The first-order valence-electron chi connectivity index (χ1n) is 4.30. The Bertz CT molecular complexity index is 422. The highest BCUT2D eigenvalue weighted by atomic mass is 35.5. The van der Waals surface area contributed by atoms with E-state index in [9.17, 15) is 0 Å². The monoisotopic (exact) mass is 195 g/mol. The van der Waals surface area contributed by atoms with Gasteiger partial charge in [-0.25, -0.2) is 9.50 Å². The molecule has 3 nitrogen and oxygen atoms in total. The van der Waals surface area contributed by atoms with E-state index < -0.39 is 0 Å². The summed E-state index contributed by atoms with van der Waals surface area (Å²) in [5, 5.41) is 4.59. The Hall–Kier alpha value is -1.09. The maximum absolute atomic E-state index is 5.75. The molecule has 2 aromatic heterocycles. The molecule has 0 radical (unpaired) electrons. The second kappa shape index (κ2) is 3.34. The SMILES string of the molecule is CCCc1cn2nc(Cl)ccc2n1. The van der Waals surface area contributed by atoms with Gasteiger partial charge in [0.1, 0.15) is 5.15 Å². The predicted octanol–water partition coefficient (Wildman–Crippen LogP) is 2.34. The Balaban J connectivity index is 2.49. The second-order valence-corrected chi connectivity index (χ2v) is 3.33. The number of halogens is 1. The molecule has 2 heterocycles. The summed E-state index contributed by atoms with van der Waals surface area (Å²) in [7, 11) is 0. The molecule has 0 saturated heterocycles. The summed E-state index contributed by atoms with van der Waals surface area (Å²) >= 11 is 5.75. The average molecular weight is 196 g/mol. The van der Waals surface area contributed by atoms with Crippen molar-refractivity contribution in [1.29, 1.82) is 0 Å². The van der Waals surface area contributed by atoms with Crippen molar-refractivity contribution >= 4 is 17.2 Å². The average Bonchev–Trinajstić information content (AvgIpc) is 2.46. The van der Waals surface area contributed by atoms with E-state index in [-0.39, 0.29) is 0 Å². The Labute approximate surface area is 81.4 Å². The van der Waals surface area contributed by atoms with Crippen LogP contribution in [-0.2, 0) is 6.42 Å². The lowest BCUT2D eigenvalue weighted by Crippen LogP contribution is -1.88. The van der Waals surface area contributed by atoms with Crippen LogP contribution >= 0.6 is 11.6 Å². The van der Waals surface area contributed by atoms with Crippen LogP contribution < -0.4 is 0 Å². The highest BCUT2D eigenvalue weighted by molar-refractivity contribution is 6.29. The number of hydrogen-bond donors (Lipinski definition) is 0. The molecule has 0 fully saturated rings. The van der Waals surface area contributed by atoms with Crippen LogP contribution in [0.4, 0.5) is 0 Å². The van der Waals surface area contributed by atoms with Gasteiger partial charge in [-0.05, 0) is 18.6 Å². The van der Waals surface area contributed by atoms with Gasteiger partial charge in [0.25, 0.3) is 0 Å². The Morgan fingerprint density at radius 1 is 1.46 bits per heavy atom. The Morgan fingerprint density at radius 2 is 2.31 bits per heavy atom. The van der Waals surface area contributed by atoms with Gasteiger partial charge in [0.05, 0.1) is 11.9 Å². The van der Waals surface area contributed by atoms with Gasteiger partial charge < -0.3 is 0 Å². The van der Waals surface area contributed by atoms with Gasteiger partial charge >= 0.3 is 0 Å². The number of fused-ring (bicyclic) bond motifs is 1. The zero-order valence-electron chi connectivity index (χ0n) is 7.37. The standard InChI is InChI=1S/C9H10ClN3/c1-2-3-7-6-13-9(11-7)5-4-8(10)12-13/h4-6H,2-3H2,1H3. The highest BCUT2D eigenvalue weighted by Crippen LogP contribution is 2.08. The third-order valence-corrected chi connectivity index (χ3v) is 2.05. The van der Waals surface area contributed by atoms with E-state index >= 15 is 0 Å². The summed E-state index contributed by atoms with van der Waals surface area (Å²) in [6, 6.07) is 3.62. The second-order valence-electron chi connectivity index (χ2n) is 2.94. The van der Waals surface area contributed by atoms with Gasteiger partial charge in [0.15, 0.2) is 5.65 Å². The first kappa shape index (κ1) is 8.51. The van der Waals surface area contributed by atoms with Crippen molar-refractivity contribution in [2.75, 3.05) is 0 Å². The van der Waals surface area contributed by atoms with Crippen LogP contribution in [0, 0.1) is 0 Å². The largest absolute Gasteiger partial charge is 0.232 e. The number of aryl methyl sites for hydroxylation is 1. The minimum absolute atomic E-state index is 0.493. The third-order valence-electron chi connectivity index (χ3n) is 1.84. The fourth-order valence-corrected chi connectivity index (χ4v) is 1.43. The fraction of sp³-hybridized carbons (Fsp3) is 0.333. The van der Waals surface area contributed by atoms with E-state index in [2.05, 4.69) is 17.0 Å². The molecule has 4 heteroatoms. The van der Waals surface area contributed by atoms with Gasteiger partial charge in [0.2, 0.25) is 0 Å². The molecule has 2 aromatic rings.